The zero-order valence-electron chi connectivity index (χ0n) is 15.7. The standard InChI is InChI=1S/C21H21N5OS/c1-14-23-12-17(28-14)6-5-16-11-21(25-20-7-9-24-26(16)20)27-13-15-10-18(15)19-4-2-3-8-22-19/h2-4,7-9,11-12,15,18H,5-6,10,13H2,1H3/t15-,18+/m1/s1. The van der Waals surface area contributed by atoms with Crippen LogP contribution in [-0.2, 0) is 12.8 Å². The van der Waals surface area contributed by atoms with Crippen molar-refractivity contribution in [1.82, 2.24) is 24.6 Å². The summed E-state index contributed by atoms with van der Waals surface area (Å²) in [6.07, 6.45) is 8.54. The molecule has 7 heteroatoms. The van der Waals surface area contributed by atoms with Crippen molar-refractivity contribution >= 4 is 17.0 Å². The fourth-order valence-electron chi connectivity index (χ4n) is 3.56. The van der Waals surface area contributed by atoms with Crippen molar-refractivity contribution in [3.63, 3.8) is 0 Å². The van der Waals surface area contributed by atoms with Gasteiger partial charge in [-0.05, 0) is 38.3 Å². The quantitative estimate of drug-likeness (QED) is 0.479. The van der Waals surface area contributed by atoms with Crippen LogP contribution in [-0.4, -0.2) is 31.2 Å². The lowest BCUT2D eigenvalue weighted by molar-refractivity contribution is 0.285. The molecule has 0 unspecified atom stereocenters. The second-order valence-corrected chi connectivity index (χ2v) is 8.52. The summed E-state index contributed by atoms with van der Waals surface area (Å²) >= 11 is 1.75. The van der Waals surface area contributed by atoms with Gasteiger partial charge in [-0.15, -0.1) is 11.3 Å². The maximum atomic E-state index is 6.07. The maximum absolute atomic E-state index is 6.07. The Morgan fingerprint density at radius 2 is 2.14 bits per heavy atom. The molecule has 0 radical (unpaired) electrons. The minimum atomic E-state index is 0.508. The molecular weight excluding hydrogens is 370 g/mol. The summed E-state index contributed by atoms with van der Waals surface area (Å²) in [7, 11) is 0. The van der Waals surface area contributed by atoms with E-state index in [2.05, 4.69) is 26.1 Å². The number of ether oxygens (including phenoxy) is 1. The fourth-order valence-corrected chi connectivity index (χ4v) is 4.35. The van der Waals surface area contributed by atoms with E-state index in [9.17, 15) is 0 Å². The number of thiazole rings is 1. The highest BCUT2D eigenvalue weighted by atomic mass is 32.1. The molecule has 0 aliphatic heterocycles. The Kier molecular flexibility index (Phi) is 4.52. The van der Waals surface area contributed by atoms with Crippen LogP contribution in [0.25, 0.3) is 5.65 Å². The van der Waals surface area contributed by atoms with Crippen LogP contribution in [0.5, 0.6) is 5.88 Å². The average Bonchev–Trinajstić information content (AvgIpc) is 3.11. The van der Waals surface area contributed by atoms with E-state index in [1.165, 1.54) is 4.88 Å². The van der Waals surface area contributed by atoms with Crippen LogP contribution in [0.3, 0.4) is 0 Å². The van der Waals surface area contributed by atoms with Crippen LogP contribution in [0.2, 0.25) is 0 Å². The molecule has 0 spiro atoms. The van der Waals surface area contributed by atoms with Crippen molar-refractivity contribution in [2.75, 3.05) is 6.61 Å². The van der Waals surface area contributed by atoms with Gasteiger partial charge in [-0.25, -0.2) is 9.50 Å². The monoisotopic (exact) mass is 391 g/mol. The Balaban J connectivity index is 1.27. The molecule has 1 fully saturated rings. The number of rotatable bonds is 7. The summed E-state index contributed by atoms with van der Waals surface area (Å²) in [5.41, 5.74) is 3.09. The zero-order chi connectivity index (χ0) is 18.9. The molecule has 28 heavy (non-hydrogen) atoms. The van der Waals surface area contributed by atoms with Crippen LogP contribution >= 0.6 is 11.3 Å². The van der Waals surface area contributed by atoms with E-state index in [1.807, 2.05) is 48.1 Å². The molecule has 4 aromatic heterocycles. The van der Waals surface area contributed by atoms with Gasteiger partial charge >= 0.3 is 0 Å². The summed E-state index contributed by atoms with van der Waals surface area (Å²) in [5.74, 6) is 1.70. The van der Waals surface area contributed by atoms with E-state index >= 15 is 0 Å². The molecule has 1 aliphatic rings. The number of hydrogen-bond donors (Lipinski definition) is 0. The van der Waals surface area contributed by atoms with Crippen LogP contribution in [0.4, 0.5) is 0 Å². The third kappa shape index (κ3) is 3.62. The Bertz CT molecular complexity index is 1090. The van der Waals surface area contributed by atoms with Gasteiger partial charge in [0.15, 0.2) is 5.65 Å². The van der Waals surface area contributed by atoms with Crippen molar-refractivity contribution in [1.29, 1.82) is 0 Å². The van der Waals surface area contributed by atoms with Gasteiger partial charge in [-0.3, -0.25) is 4.98 Å². The van der Waals surface area contributed by atoms with Gasteiger partial charge in [0.2, 0.25) is 5.88 Å². The molecule has 6 nitrogen and oxygen atoms in total. The van der Waals surface area contributed by atoms with Crippen LogP contribution < -0.4 is 4.74 Å². The third-order valence-corrected chi connectivity index (χ3v) is 6.11. The molecular formula is C21H21N5OS. The minimum absolute atomic E-state index is 0.508. The summed E-state index contributed by atoms with van der Waals surface area (Å²) in [4.78, 5) is 14.7. The number of aryl methyl sites for hydroxylation is 3. The van der Waals surface area contributed by atoms with Gasteiger partial charge in [0.1, 0.15) is 0 Å². The van der Waals surface area contributed by atoms with Crippen LogP contribution in [0, 0.1) is 12.8 Å². The first kappa shape index (κ1) is 17.3. The first-order chi connectivity index (χ1) is 13.8. The Labute approximate surface area is 167 Å². The number of nitrogens with zero attached hydrogens (tertiary/aromatic N) is 5. The molecule has 4 aromatic rings. The van der Waals surface area contributed by atoms with E-state index in [-0.39, 0.29) is 0 Å². The lowest BCUT2D eigenvalue weighted by Crippen LogP contribution is -2.07. The summed E-state index contributed by atoms with van der Waals surface area (Å²) in [6.45, 7) is 2.71. The molecule has 1 aliphatic carbocycles. The molecule has 142 valence electrons. The van der Waals surface area contributed by atoms with Gasteiger partial charge in [0, 0.05) is 46.9 Å². The van der Waals surface area contributed by atoms with Gasteiger partial charge in [0.05, 0.1) is 23.5 Å². The largest absolute Gasteiger partial charge is 0.477 e. The summed E-state index contributed by atoms with van der Waals surface area (Å²) in [6, 6.07) is 10.0. The van der Waals surface area contributed by atoms with Crippen LogP contribution in [0.1, 0.15) is 33.6 Å². The van der Waals surface area contributed by atoms with Gasteiger partial charge in [-0.1, -0.05) is 6.07 Å². The predicted octanol–water partition coefficient (Wildman–Crippen LogP) is 3.86. The lowest BCUT2D eigenvalue weighted by atomic mass is 10.2. The SMILES string of the molecule is Cc1ncc(CCc2cc(OC[C@H]3C[C@@H]3c3ccccn3)nc3ccnn23)s1. The van der Waals surface area contributed by atoms with E-state index in [0.717, 1.165) is 41.3 Å². The normalized spacial score (nSPS) is 18.5. The highest BCUT2D eigenvalue weighted by Crippen LogP contribution is 2.46. The molecule has 2 atom stereocenters. The van der Waals surface area contributed by atoms with Crippen molar-refractivity contribution in [3.8, 4) is 5.88 Å². The molecule has 5 rings (SSSR count). The predicted molar refractivity (Wildman–Crippen MR) is 108 cm³/mol. The molecule has 0 N–H and O–H groups in total. The smallest absolute Gasteiger partial charge is 0.217 e. The molecule has 0 bridgehead atoms. The van der Waals surface area contributed by atoms with E-state index in [1.54, 1.807) is 17.5 Å². The molecule has 1 saturated carbocycles. The number of aromatic nitrogens is 5. The molecule has 0 amide bonds. The average molecular weight is 392 g/mol. The molecule has 0 aromatic carbocycles. The minimum Gasteiger partial charge on any atom is -0.477 e. The first-order valence-corrected chi connectivity index (χ1v) is 10.4. The number of pyridine rings is 1. The fraction of sp³-hybridized carbons (Fsp3) is 0.333. The molecule has 4 heterocycles. The van der Waals surface area contributed by atoms with Gasteiger partial charge < -0.3 is 4.74 Å². The first-order valence-electron chi connectivity index (χ1n) is 9.55. The Hall–Kier alpha value is -2.80. The van der Waals surface area contributed by atoms with Crippen molar-refractivity contribution < 1.29 is 4.74 Å². The summed E-state index contributed by atoms with van der Waals surface area (Å²) in [5, 5.41) is 5.52. The van der Waals surface area contributed by atoms with E-state index in [0.29, 0.717) is 24.3 Å². The number of hydrogen-bond acceptors (Lipinski definition) is 6. The molecule has 0 saturated heterocycles. The topological polar surface area (TPSA) is 65.2 Å². The highest BCUT2D eigenvalue weighted by molar-refractivity contribution is 7.11. The maximum Gasteiger partial charge on any atom is 0.217 e. The van der Waals surface area contributed by atoms with E-state index < -0.39 is 0 Å². The number of fused-ring (bicyclic) bond motifs is 1. The lowest BCUT2D eigenvalue weighted by Gasteiger charge is -2.09. The van der Waals surface area contributed by atoms with Gasteiger partial charge in [0.25, 0.3) is 0 Å². The summed E-state index contributed by atoms with van der Waals surface area (Å²) < 4.78 is 7.96. The Morgan fingerprint density at radius 3 is 2.96 bits per heavy atom. The van der Waals surface area contributed by atoms with Crippen LogP contribution in [0.15, 0.2) is 48.9 Å². The zero-order valence-corrected chi connectivity index (χ0v) is 16.5. The van der Waals surface area contributed by atoms with Crippen molar-refractivity contribution in [3.05, 3.63) is 70.2 Å². The van der Waals surface area contributed by atoms with Crippen molar-refractivity contribution in [2.24, 2.45) is 5.92 Å². The third-order valence-electron chi connectivity index (χ3n) is 5.14. The van der Waals surface area contributed by atoms with Crippen molar-refractivity contribution in [2.45, 2.75) is 32.1 Å². The second kappa shape index (κ2) is 7.31. The van der Waals surface area contributed by atoms with Gasteiger partial charge in [-0.2, -0.15) is 10.1 Å². The second-order valence-electron chi connectivity index (χ2n) is 7.20. The van der Waals surface area contributed by atoms with E-state index in [4.69, 9.17) is 4.74 Å². The Morgan fingerprint density at radius 1 is 1.18 bits per heavy atom. The highest BCUT2D eigenvalue weighted by Gasteiger charge is 2.39.